The molecule has 2 amide bonds. The number of amides is 2. The highest BCUT2D eigenvalue weighted by Gasteiger charge is 2.26. The van der Waals surface area contributed by atoms with Crippen LogP contribution in [-0.2, 0) is 6.42 Å². The molecule has 2 aromatic carbocycles. The summed E-state index contributed by atoms with van der Waals surface area (Å²) in [5, 5.41) is 10.5. The van der Waals surface area contributed by atoms with E-state index in [0.717, 1.165) is 66.9 Å². The van der Waals surface area contributed by atoms with Crippen LogP contribution in [0.1, 0.15) is 36.4 Å². The summed E-state index contributed by atoms with van der Waals surface area (Å²) in [5.41, 5.74) is 4.12. The molecular formula is C27H32FN5O2. The van der Waals surface area contributed by atoms with Crippen LogP contribution in [0.15, 0.2) is 48.5 Å². The minimum atomic E-state index is -0.323. The maximum atomic E-state index is 12.5. The Hall–Kier alpha value is -3.39. The molecule has 3 aromatic rings. The first-order chi connectivity index (χ1) is 17.1. The fourth-order valence-electron chi connectivity index (χ4n) is 5.20. The van der Waals surface area contributed by atoms with Crippen LogP contribution >= 0.6 is 0 Å². The molecule has 0 radical (unpaired) electrons. The molecule has 184 valence electrons. The number of ether oxygens (including phenoxy) is 1. The molecule has 1 saturated heterocycles. The van der Waals surface area contributed by atoms with E-state index in [1.165, 1.54) is 11.1 Å². The number of piperidine rings is 1. The molecule has 1 aliphatic carbocycles. The van der Waals surface area contributed by atoms with E-state index in [1.54, 1.807) is 7.11 Å². The number of pyridine rings is 1. The Morgan fingerprint density at radius 3 is 2.80 bits per heavy atom. The molecule has 1 aromatic heterocycles. The van der Waals surface area contributed by atoms with Gasteiger partial charge < -0.3 is 25.6 Å². The molecular weight excluding hydrogens is 445 g/mol. The van der Waals surface area contributed by atoms with Gasteiger partial charge >= 0.3 is 6.03 Å². The number of carbonyl (C=O) groups is 1. The van der Waals surface area contributed by atoms with Crippen molar-refractivity contribution in [2.24, 2.45) is 0 Å². The van der Waals surface area contributed by atoms with Gasteiger partial charge in [-0.05, 0) is 67.6 Å². The lowest BCUT2D eigenvalue weighted by Gasteiger charge is -2.31. The average Bonchev–Trinajstić information content (AvgIpc) is 3.28. The van der Waals surface area contributed by atoms with Crippen molar-refractivity contribution >= 4 is 28.4 Å². The monoisotopic (exact) mass is 477 g/mol. The van der Waals surface area contributed by atoms with Gasteiger partial charge in [0, 0.05) is 42.3 Å². The van der Waals surface area contributed by atoms with Gasteiger partial charge in [0.2, 0.25) is 0 Å². The van der Waals surface area contributed by atoms with Crippen molar-refractivity contribution in [1.29, 1.82) is 0 Å². The summed E-state index contributed by atoms with van der Waals surface area (Å²) in [5.74, 6) is 1.73. The Bertz CT molecular complexity index is 1200. The molecule has 3 N–H and O–H groups in total. The van der Waals surface area contributed by atoms with Gasteiger partial charge in [-0.15, -0.1) is 0 Å². The van der Waals surface area contributed by atoms with Crippen LogP contribution in [-0.4, -0.2) is 55.4 Å². The van der Waals surface area contributed by atoms with Gasteiger partial charge in [0.15, 0.2) is 0 Å². The molecule has 0 saturated carbocycles. The topological polar surface area (TPSA) is 78.5 Å². The second kappa shape index (κ2) is 10.5. The number of urea groups is 1. The molecule has 2 heterocycles. The number of nitrogens with zero attached hydrogens (tertiary/aromatic N) is 2. The van der Waals surface area contributed by atoms with Crippen molar-refractivity contribution in [3.63, 3.8) is 0 Å². The van der Waals surface area contributed by atoms with Gasteiger partial charge in [0.05, 0.1) is 18.7 Å². The summed E-state index contributed by atoms with van der Waals surface area (Å²) in [6.07, 6.45) is 3.69. The number of carbonyl (C=O) groups excluding carboxylic acids is 1. The van der Waals surface area contributed by atoms with Crippen molar-refractivity contribution in [3.05, 3.63) is 59.7 Å². The van der Waals surface area contributed by atoms with Crippen LogP contribution in [0.25, 0.3) is 10.9 Å². The quantitative estimate of drug-likeness (QED) is 0.451. The van der Waals surface area contributed by atoms with Crippen molar-refractivity contribution < 1.29 is 13.9 Å². The minimum absolute atomic E-state index is 0.112. The second-order valence-electron chi connectivity index (χ2n) is 9.28. The third kappa shape index (κ3) is 5.32. The summed E-state index contributed by atoms with van der Waals surface area (Å²) in [7, 11) is 1.71. The fraction of sp³-hybridized carbons (Fsp3) is 0.407. The molecule has 2 aliphatic rings. The zero-order valence-electron chi connectivity index (χ0n) is 20.0. The summed E-state index contributed by atoms with van der Waals surface area (Å²) in [6, 6.07) is 16.0. The number of hydrogen-bond donors (Lipinski definition) is 3. The SMILES string of the molecule is COc1cccc2c1C(Nc1ccc3cc(NC(=O)NC4CCN(CCF)CC4)ccc3n1)CC2. The summed E-state index contributed by atoms with van der Waals surface area (Å²) < 4.78 is 18.1. The summed E-state index contributed by atoms with van der Waals surface area (Å²) in [6.45, 7) is 1.78. The van der Waals surface area contributed by atoms with E-state index in [1.807, 2.05) is 42.5 Å². The Kier molecular flexibility index (Phi) is 6.99. The number of anilines is 2. The number of fused-ring (bicyclic) bond motifs is 2. The van der Waals surface area contributed by atoms with Crippen LogP contribution in [0.5, 0.6) is 5.75 Å². The molecule has 1 unspecified atom stereocenters. The number of aromatic nitrogens is 1. The van der Waals surface area contributed by atoms with Crippen LogP contribution < -0.4 is 20.7 Å². The molecule has 7 nitrogen and oxygen atoms in total. The van der Waals surface area contributed by atoms with Gasteiger partial charge in [0.1, 0.15) is 18.2 Å². The number of likely N-dealkylation sites (tertiary alicyclic amines) is 1. The number of aryl methyl sites for hydroxylation is 1. The van der Waals surface area contributed by atoms with E-state index in [-0.39, 0.29) is 24.8 Å². The number of alkyl halides is 1. The van der Waals surface area contributed by atoms with Crippen LogP contribution in [0.4, 0.5) is 20.7 Å². The Morgan fingerprint density at radius 1 is 1.14 bits per heavy atom. The first-order valence-electron chi connectivity index (χ1n) is 12.3. The summed E-state index contributed by atoms with van der Waals surface area (Å²) >= 11 is 0. The van der Waals surface area contributed by atoms with Crippen molar-refractivity contribution in [2.75, 3.05) is 44.1 Å². The third-order valence-corrected chi connectivity index (χ3v) is 7.02. The number of methoxy groups -OCH3 is 1. The maximum Gasteiger partial charge on any atom is 0.319 e. The van der Waals surface area contributed by atoms with Gasteiger partial charge in [0.25, 0.3) is 0 Å². The van der Waals surface area contributed by atoms with Gasteiger partial charge in [-0.25, -0.2) is 14.2 Å². The Morgan fingerprint density at radius 2 is 2.00 bits per heavy atom. The maximum absolute atomic E-state index is 12.5. The number of nitrogens with one attached hydrogen (secondary N) is 3. The smallest absolute Gasteiger partial charge is 0.319 e. The molecule has 0 bridgehead atoms. The Labute approximate surface area is 205 Å². The van der Waals surface area contributed by atoms with E-state index in [2.05, 4.69) is 26.9 Å². The normalized spacial score (nSPS) is 18.3. The van der Waals surface area contributed by atoms with Crippen LogP contribution in [0.3, 0.4) is 0 Å². The molecule has 35 heavy (non-hydrogen) atoms. The largest absolute Gasteiger partial charge is 0.496 e. The van der Waals surface area contributed by atoms with E-state index < -0.39 is 0 Å². The first kappa shape index (κ1) is 23.4. The standard InChI is InChI=1S/C27H32FN5O2/c1-35-24-4-2-3-18-5-8-23(26(18)24)32-25-10-6-19-17-21(7-9-22(19)31-25)30-27(34)29-20-11-14-33(15-12-20)16-13-28/h2-4,6-7,9-10,17,20,23H,5,8,11-16H2,1H3,(H,31,32)(H2,29,30,34). The number of hydrogen-bond acceptors (Lipinski definition) is 5. The minimum Gasteiger partial charge on any atom is -0.496 e. The molecule has 1 aliphatic heterocycles. The fourth-order valence-corrected chi connectivity index (χ4v) is 5.20. The van der Waals surface area contributed by atoms with Crippen molar-refractivity contribution in [2.45, 2.75) is 37.8 Å². The molecule has 0 spiro atoms. The van der Waals surface area contributed by atoms with E-state index in [9.17, 15) is 9.18 Å². The number of halogens is 1. The predicted molar refractivity (Wildman–Crippen MR) is 137 cm³/mol. The van der Waals surface area contributed by atoms with E-state index in [4.69, 9.17) is 9.72 Å². The second-order valence-corrected chi connectivity index (χ2v) is 9.28. The van der Waals surface area contributed by atoms with Crippen molar-refractivity contribution in [1.82, 2.24) is 15.2 Å². The predicted octanol–water partition coefficient (Wildman–Crippen LogP) is 4.90. The van der Waals surface area contributed by atoms with Crippen LogP contribution in [0, 0.1) is 0 Å². The zero-order valence-corrected chi connectivity index (χ0v) is 20.0. The average molecular weight is 478 g/mol. The zero-order chi connectivity index (χ0) is 24.2. The van der Waals surface area contributed by atoms with Gasteiger partial charge in [-0.1, -0.05) is 12.1 Å². The highest BCUT2D eigenvalue weighted by Crippen LogP contribution is 2.39. The summed E-state index contributed by atoms with van der Waals surface area (Å²) in [4.78, 5) is 19.4. The lowest BCUT2D eigenvalue weighted by atomic mass is 10.1. The van der Waals surface area contributed by atoms with Gasteiger partial charge in [-0.3, -0.25) is 0 Å². The molecule has 8 heteroatoms. The molecule has 1 fully saturated rings. The highest BCUT2D eigenvalue weighted by atomic mass is 19.1. The first-order valence-corrected chi connectivity index (χ1v) is 12.3. The lowest BCUT2D eigenvalue weighted by molar-refractivity contribution is 0.184. The number of benzene rings is 2. The molecule has 5 rings (SSSR count). The van der Waals surface area contributed by atoms with Crippen molar-refractivity contribution in [3.8, 4) is 5.75 Å². The molecule has 1 atom stereocenters. The number of rotatable bonds is 7. The van der Waals surface area contributed by atoms with E-state index in [0.29, 0.717) is 6.54 Å². The van der Waals surface area contributed by atoms with E-state index >= 15 is 0 Å². The Balaban J connectivity index is 1.20. The van der Waals surface area contributed by atoms with Gasteiger partial charge in [-0.2, -0.15) is 0 Å². The highest BCUT2D eigenvalue weighted by molar-refractivity contribution is 5.93. The third-order valence-electron chi connectivity index (χ3n) is 7.02. The van der Waals surface area contributed by atoms with Crippen LogP contribution in [0.2, 0.25) is 0 Å². The lowest BCUT2D eigenvalue weighted by Crippen LogP contribution is -2.46.